The summed E-state index contributed by atoms with van der Waals surface area (Å²) in [6.45, 7) is 1.29. The van der Waals surface area contributed by atoms with Crippen molar-refractivity contribution in [2.24, 2.45) is 0 Å². The van der Waals surface area contributed by atoms with Crippen LogP contribution in [0.4, 0.5) is 15.8 Å². The van der Waals surface area contributed by atoms with E-state index in [0.29, 0.717) is 30.0 Å². The predicted molar refractivity (Wildman–Crippen MR) is 94.3 cm³/mol. The van der Waals surface area contributed by atoms with Crippen LogP contribution in [0.1, 0.15) is 5.56 Å². The molecule has 25 heavy (non-hydrogen) atoms. The molecule has 0 unspecified atom stereocenters. The van der Waals surface area contributed by atoms with Crippen molar-refractivity contribution < 1.29 is 17.6 Å². The monoisotopic (exact) mass is 363 g/mol. The highest BCUT2D eigenvalue weighted by Crippen LogP contribution is 2.27. The van der Waals surface area contributed by atoms with Crippen molar-refractivity contribution in [2.75, 3.05) is 29.3 Å². The van der Waals surface area contributed by atoms with Gasteiger partial charge in [0.15, 0.2) is 0 Å². The average Bonchev–Trinajstić information content (AvgIpc) is 2.57. The Hall–Kier alpha value is -2.61. The second kappa shape index (κ2) is 7.10. The first-order valence-corrected chi connectivity index (χ1v) is 9.44. The van der Waals surface area contributed by atoms with Gasteiger partial charge in [-0.1, -0.05) is 24.3 Å². The number of anilines is 2. The molecule has 1 heterocycles. The summed E-state index contributed by atoms with van der Waals surface area (Å²) < 4.78 is 40.4. The molecule has 0 bridgehead atoms. The molecule has 132 valence electrons. The first kappa shape index (κ1) is 17.2. The second-order valence-corrected chi connectivity index (χ2v) is 7.50. The predicted octanol–water partition coefficient (Wildman–Crippen LogP) is 1.70. The van der Waals surface area contributed by atoms with E-state index in [2.05, 4.69) is 10.0 Å². The molecule has 0 atom stereocenters. The van der Waals surface area contributed by atoms with Crippen LogP contribution < -0.4 is 14.9 Å². The smallest absolute Gasteiger partial charge is 0.239 e. The number of carbonyl (C=O) groups is 1. The van der Waals surface area contributed by atoms with Gasteiger partial charge in [-0.05, 0) is 29.8 Å². The van der Waals surface area contributed by atoms with Gasteiger partial charge in [-0.3, -0.25) is 9.52 Å². The van der Waals surface area contributed by atoms with Crippen LogP contribution in [0.2, 0.25) is 0 Å². The van der Waals surface area contributed by atoms with E-state index < -0.39 is 15.8 Å². The van der Waals surface area contributed by atoms with Crippen LogP contribution in [0.25, 0.3) is 0 Å². The van der Waals surface area contributed by atoms with Crippen molar-refractivity contribution in [1.29, 1.82) is 0 Å². The standard InChI is InChI=1S/C17H18FN3O3S/c18-14-7-5-13(6-8-14)12-25(23,24)20-15-3-1-2-4-16(15)21-10-9-19-17(22)11-21/h1-8,20H,9-12H2,(H,19,22). The van der Waals surface area contributed by atoms with Crippen LogP contribution in [-0.4, -0.2) is 34.0 Å². The van der Waals surface area contributed by atoms with Gasteiger partial charge in [0.05, 0.1) is 23.7 Å². The van der Waals surface area contributed by atoms with E-state index in [-0.39, 0.29) is 18.2 Å². The van der Waals surface area contributed by atoms with Crippen LogP contribution >= 0.6 is 0 Å². The Labute approximate surface area is 145 Å². The number of piperazine rings is 1. The number of nitrogens with zero attached hydrogens (tertiary/aromatic N) is 1. The van der Waals surface area contributed by atoms with Gasteiger partial charge < -0.3 is 10.2 Å². The Balaban J connectivity index is 1.80. The molecule has 0 radical (unpaired) electrons. The minimum Gasteiger partial charge on any atom is -0.359 e. The lowest BCUT2D eigenvalue weighted by Gasteiger charge is -2.30. The number of carbonyl (C=O) groups excluding carboxylic acids is 1. The molecule has 1 aliphatic rings. The SMILES string of the molecule is O=C1CN(c2ccccc2NS(=O)(=O)Cc2ccc(F)cc2)CCN1. The number of hydrogen-bond donors (Lipinski definition) is 2. The molecule has 8 heteroatoms. The van der Waals surface area contributed by atoms with Crippen molar-refractivity contribution in [1.82, 2.24) is 5.32 Å². The lowest BCUT2D eigenvalue weighted by molar-refractivity contribution is -0.120. The maximum atomic E-state index is 13.0. The molecule has 1 amide bonds. The molecule has 0 aromatic heterocycles. The molecule has 3 rings (SSSR count). The highest BCUT2D eigenvalue weighted by Gasteiger charge is 2.21. The van der Waals surface area contributed by atoms with E-state index in [1.165, 1.54) is 24.3 Å². The average molecular weight is 363 g/mol. The van der Waals surface area contributed by atoms with Crippen LogP contribution in [-0.2, 0) is 20.6 Å². The van der Waals surface area contributed by atoms with E-state index in [1.807, 2.05) is 4.90 Å². The van der Waals surface area contributed by atoms with Crippen LogP contribution in [0, 0.1) is 5.82 Å². The van der Waals surface area contributed by atoms with E-state index in [4.69, 9.17) is 0 Å². The molecule has 2 N–H and O–H groups in total. The van der Waals surface area contributed by atoms with E-state index >= 15 is 0 Å². The van der Waals surface area contributed by atoms with Gasteiger partial charge in [0.1, 0.15) is 5.82 Å². The number of benzene rings is 2. The molecule has 1 fully saturated rings. The van der Waals surface area contributed by atoms with Crippen molar-refractivity contribution >= 4 is 27.3 Å². The van der Waals surface area contributed by atoms with E-state index in [0.717, 1.165) is 0 Å². The fraction of sp³-hybridized carbons (Fsp3) is 0.235. The number of amides is 1. The molecule has 0 spiro atoms. The minimum atomic E-state index is -3.67. The summed E-state index contributed by atoms with van der Waals surface area (Å²) in [4.78, 5) is 13.4. The van der Waals surface area contributed by atoms with Crippen LogP contribution in [0.3, 0.4) is 0 Å². The third kappa shape index (κ3) is 4.48. The molecule has 0 aliphatic carbocycles. The van der Waals surface area contributed by atoms with E-state index in [1.54, 1.807) is 24.3 Å². The zero-order chi connectivity index (χ0) is 17.9. The van der Waals surface area contributed by atoms with Gasteiger partial charge in [-0.2, -0.15) is 0 Å². The Bertz CT molecular complexity index is 869. The molecule has 2 aromatic carbocycles. The Kier molecular flexibility index (Phi) is 4.89. The quantitative estimate of drug-likeness (QED) is 0.848. The number of para-hydroxylation sites is 2. The minimum absolute atomic E-state index is 0.102. The van der Waals surface area contributed by atoms with E-state index in [9.17, 15) is 17.6 Å². The zero-order valence-corrected chi connectivity index (χ0v) is 14.2. The molecule has 6 nitrogen and oxygen atoms in total. The second-order valence-electron chi connectivity index (χ2n) is 5.78. The molecule has 2 aromatic rings. The van der Waals surface area contributed by atoms with Gasteiger partial charge in [-0.25, -0.2) is 12.8 Å². The number of sulfonamides is 1. The summed E-state index contributed by atoms with van der Waals surface area (Å²) in [6.07, 6.45) is 0. The topological polar surface area (TPSA) is 78.5 Å². The largest absolute Gasteiger partial charge is 0.359 e. The number of halogens is 1. The summed E-state index contributed by atoms with van der Waals surface area (Å²) >= 11 is 0. The van der Waals surface area contributed by atoms with Crippen molar-refractivity contribution in [2.45, 2.75) is 5.75 Å². The van der Waals surface area contributed by atoms with Crippen LogP contribution in [0.5, 0.6) is 0 Å². The highest BCUT2D eigenvalue weighted by molar-refractivity contribution is 7.91. The number of rotatable bonds is 5. The number of hydrogen-bond acceptors (Lipinski definition) is 4. The molecular weight excluding hydrogens is 345 g/mol. The van der Waals surface area contributed by atoms with Gasteiger partial charge in [0, 0.05) is 13.1 Å². The first-order chi connectivity index (χ1) is 11.9. The molecular formula is C17H18FN3O3S. The van der Waals surface area contributed by atoms with Gasteiger partial charge >= 0.3 is 0 Å². The summed E-state index contributed by atoms with van der Waals surface area (Å²) in [5.41, 5.74) is 1.56. The lowest BCUT2D eigenvalue weighted by Crippen LogP contribution is -2.47. The summed E-state index contributed by atoms with van der Waals surface area (Å²) in [6, 6.07) is 12.3. The third-order valence-electron chi connectivity index (χ3n) is 3.82. The third-order valence-corrected chi connectivity index (χ3v) is 5.06. The summed E-state index contributed by atoms with van der Waals surface area (Å²) in [5.74, 6) is -0.777. The normalized spacial score (nSPS) is 14.9. The fourth-order valence-corrected chi connectivity index (χ4v) is 3.89. The van der Waals surface area contributed by atoms with Gasteiger partial charge in [0.25, 0.3) is 0 Å². The lowest BCUT2D eigenvalue weighted by atomic mass is 10.2. The van der Waals surface area contributed by atoms with Crippen molar-refractivity contribution in [3.05, 3.63) is 59.9 Å². The van der Waals surface area contributed by atoms with Gasteiger partial charge in [-0.15, -0.1) is 0 Å². The number of nitrogens with one attached hydrogen (secondary N) is 2. The Morgan fingerprint density at radius 3 is 2.56 bits per heavy atom. The Morgan fingerprint density at radius 1 is 1.12 bits per heavy atom. The highest BCUT2D eigenvalue weighted by atomic mass is 32.2. The fourth-order valence-electron chi connectivity index (χ4n) is 2.68. The molecule has 0 saturated carbocycles. The van der Waals surface area contributed by atoms with Crippen molar-refractivity contribution in [3.8, 4) is 0 Å². The molecule has 1 aliphatic heterocycles. The summed E-state index contributed by atoms with van der Waals surface area (Å²) in [7, 11) is -3.67. The van der Waals surface area contributed by atoms with Crippen molar-refractivity contribution in [3.63, 3.8) is 0 Å². The molecule has 1 saturated heterocycles. The van der Waals surface area contributed by atoms with Crippen LogP contribution in [0.15, 0.2) is 48.5 Å². The Morgan fingerprint density at radius 2 is 1.84 bits per heavy atom. The summed E-state index contributed by atoms with van der Waals surface area (Å²) in [5, 5.41) is 2.74. The first-order valence-electron chi connectivity index (χ1n) is 7.78. The maximum Gasteiger partial charge on any atom is 0.239 e. The maximum absolute atomic E-state index is 13.0. The zero-order valence-electron chi connectivity index (χ0n) is 13.4. The van der Waals surface area contributed by atoms with Gasteiger partial charge in [0.2, 0.25) is 15.9 Å².